The van der Waals surface area contributed by atoms with E-state index in [1.54, 1.807) is 0 Å². The maximum Gasteiger partial charge on any atom is 0.0441 e. The van der Waals surface area contributed by atoms with E-state index < -0.39 is 0 Å². The van der Waals surface area contributed by atoms with E-state index >= 15 is 0 Å². The van der Waals surface area contributed by atoms with Crippen LogP contribution >= 0.6 is 24.0 Å². The number of nitrogens with zero attached hydrogens (tertiary/aromatic N) is 1. The van der Waals surface area contributed by atoms with E-state index in [2.05, 4.69) is 17.0 Å². The summed E-state index contributed by atoms with van der Waals surface area (Å²) in [7, 11) is 0. The predicted molar refractivity (Wildman–Crippen MR) is 87.4 cm³/mol. The summed E-state index contributed by atoms with van der Waals surface area (Å²) >= 11 is 6.24. The molecule has 0 atom stereocenters. The van der Waals surface area contributed by atoms with E-state index in [1.165, 1.54) is 16.7 Å². The molecule has 0 saturated heterocycles. The minimum atomic E-state index is 0. The molecule has 0 spiro atoms. The largest absolute Gasteiger partial charge is 0.399 e. The van der Waals surface area contributed by atoms with Crippen molar-refractivity contribution >= 4 is 29.7 Å². The number of rotatable bonds is 2. The second-order valence-corrected chi connectivity index (χ2v) is 5.49. The molecule has 2 aromatic rings. The van der Waals surface area contributed by atoms with Gasteiger partial charge < -0.3 is 5.73 Å². The van der Waals surface area contributed by atoms with Crippen LogP contribution in [0.4, 0.5) is 5.69 Å². The molecule has 0 amide bonds. The van der Waals surface area contributed by atoms with Crippen molar-refractivity contribution < 1.29 is 0 Å². The normalized spacial score (nSPS) is 14.4. The highest BCUT2D eigenvalue weighted by Gasteiger charge is 2.18. The lowest BCUT2D eigenvalue weighted by Gasteiger charge is -2.29. The van der Waals surface area contributed by atoms with Crippen LogP contribution in [0.2, 0.25) is 5.02 Å². The van der Waals surface area contributed by atoms with E-state index in [9.17, 15) is 0 Å². The average Bonchev–Trinajstić information content (AvgIpc) is 2.39. The highest BCUT2D eigenvalue weighted by Crippen LogP contribution is 2.26. The summed E-state index contributed by atoms with van der Waals surface area (Å²) in [6, 6.07) is 14.3. The van der Waals surface area contributed by atoms with Crippen molar-refractivity contribution in [1.29, 1.82) is 0 Å². The molecule has 2 aromatic carbocycles. The fraction of sp³-hybridized carbons (Fsp3) is 0.250. The fourth-order valence-electron chi connectivity index (χ4n) is 2.71. The zero-order valence-electron chi connectivity index (χ0n) is 11.2. The van der Waals surface area contributed by atoms with Crippen LogP contribution in [0.1, 0.15) is 16.7 Å². The van der Waals surface area contributed by atoms with Gasteiger partial charge in [0, 0.05) is 30.3 Å². The standard InChI is InChI=1S/C16H17ClN2.ClH/c17-16-6-2-4-13-11-19(8-7-15(13)16)10-12-3-1-5-14(18)9-12;/h1-6,9H,7-8,10-11,18H2;1H. The molecular formula is C16H18Cl2N2. The smallest absolute Gasteiger partial charge is 0.0441 e. The van der Waals surface area contributed by atoms with Crippen molar-refractivity contribution in [3.8, 4) is 0 Å². The SMILES string of the molecule is Cl.Nc1cccc(CN2CCc3c(Cl)cccc3C2)c1. The third-order valence-electron chi connectivity index (χ3n) is 3.65. The highest BCUT2D eigenvalue weighted by molar-refractivity contribution is 6.31. The van der Waals surface area contributed by atoms with Crippen LogP contribution in [0, 0.1) is 0 Å². The molecule has 2 nitrogen and oxygen atoms in total. The second kappa shape index (κ2) is 6.49. The summed E-state index contributed by atoms with van der Waals surface area (Å²) in [5.41, 5.74) is 10.6. The Morgan fingerprint density at radius 3 is 2.75 bits per heavy atom. The van der Waals surface area contributed by atoms with E-state index in [-0.39, 0.29) is 12.4 Å². The van der Waals surface area contributed by atoms with Crippen LogP contribution in [0.3, 0.4) is 0 Å². The van der Waals surface area contributed by atoms with Crippen LogP contribution in [0.25, 0.3) is 0 Å². The number of anilines is 1. The van der Waals surface area contributed by atoms with Gasteiger partial charge in [-0.15, -0.1) is 12.4 Å². The van der Waals surface area contributed by atoms with Crippen molar-refractivity contribution in [3.05, 3.63) is 64.2 Å². The molecular weight excluding hydrogens is 291 g/mol. The number of benzene rings is 2. The lowest BCUT2D eigenvalue weighted by atomic mass is 9.99. The third kappa shape index (κ3) is 3.26. The van der Waals surface area contributed by atoms with Gasteiger partial charge in [-0.1, -0.05) is 35.9 Å². The molecule has 0 fully saturated rings. The van der Waals surface area contributed by atoms with Gasteiger partial charge in [0.05, 0.1) is 0 Å². The Kier molecular flexibility index (Phi) is 4.92. The summed E-state index contributed by atoms with van der Waals surface area (Å²) in [6.45, 7) is 2.95. The van der Waals surface area contributed by atoms with Crippen molar-refractivity contribution in [3.63, 3.8) is 0 Å². The molecule has 4 heteroatoms. The molecule has 1 aliphatic rings. The molecule has 1 aliphatic heterocycles. The Morgan fingerprint density at radius 1 is 1.15 bits per heavy atom. The van der Waals surface area contributed by atoms with Gasteiger partial charge in [-0.05, 0) is 41.3 Å². The minimum Gasteiger partial charge on any atom is -0.399 e. The van der Waals surface area contributed by atoms with E-state index in [4.69, 9.17) is 17.3 Å². The first-order chi connectivity index (χ1) is 9.22. The minimum absolute atomic E-state index is 0. The topological polar surface area (TPSA) is 29.3 Å². The fourth-order valence-corrected chi connectivity index (χ4v) is 2.99. The maximum atomic E-state index is 6.24. The molecule has 106 valence electrons. The van der Waals surface area contributed by atoms with Gasteiger partial charge in [0.2, 0.25) is 0 Å². The van der Waals surface area contributed by atoms with Crippen LogP contribution in [0.5, 0.6) is 0 Å². The summed E-state index contributed by atoms with van der Waals surface area (Å²) < 4.78 is 0. The monoisotopic (exact) mass is 308 g/mol. The Bertz CT molecular complexity index is 599. The summed E-state index contributed by atoms with van der Waals surface area (Å²) in [6.07, 6.45) is 1.03. The summed E-state index contributed by atoms with van der Waals surface area (Å²) in [4.78, 5) is 2.44. The van der Waals surface area contributed by atoms with Crippen molar-refractivity contribution in [2.75, 3.05) is 12.3 Å². The van der Waals surface area contributed by atoms with Gasteiger partial charge in [-0.3, -0.25) is 4.90 Å². The molecule has 0 saturated carbocycles. The first-order valence-corrected chi connectivity index (χ1v) is 6.93. The lowest BCUT2D eigenvalue weighted by molar-refractivity contribution is 0.245. The molecule has 2 N–H and O–H groups in total. The Morgan fingerprint density at radius 2 is 1.95 bits per heavy atom. The molecule has 0 bridgehead atoms. The molecule has 0 unspecified atom stereocenters. The molecule has 1 heterocycles. The zero-order valence-corrected chi connectivity index (χ0v) is 12.8. The highest BCUT2D eigenvalue weighted by atomic mass is 35.5. The van der Waals surface area contributed by atoms with Gasteiger partial charge >= 0.3 is 0 Å². The number of nitrogens with two attached hydrogens (primary N) is 1. The second-order valence-electron chi connectivity index (χ2n) is 5.08. The third-order valence-corrected chi connectivity index (χ3v) is 4.00. The average molecular weight is 309 g/mol. The summed E-state index contributed by atoms with van der Waals surface area (Å²) in [5.74, 6) is 0. The Labute approximate surface area is 130 Å². The van der Waals surface area contributed by atoms with E-state index in [0.717, 1.165) is 36.8 Å². The maximum absolute atomic E-state index is 6.24. The van der Waals surface area contributed by atoms with Gasteiger partial charge in [0.15, 0.2) is 0 Å². The number of hydrogen-bond acceptors (Lipinski definition) is 2. The van der Waals surface area contributed by atoms with Crippen LogP contribution < -0.4 is 5.73 Å². The van der Waals surface area contributed by atoms with Gasteiger partial charge in [-0.25, -0.2) is 0 Å². The van der Waals surface area contributed by atoms with Crippen LogP contribution in [-0.2, 0) is 19.5 Å². The molecule has 20 heavy (non-hydrogen) atoms. The Hall–Kier alpha value is -1.22. The first-order valence-electron chi connectivity index (χ1n) is 6.55. The van der Waals surface area contributed by atoms with Gasteiger partial charge in [-0.2, -0.15) is 0 Å². The molecule has 0 aromatic heterocycles. The van der Waals surface area contributed by atoms with Crippen LogP contribution in [0.15, 0.2) is 42.5 Å². The predicted octanol–water partition coefficient (Wildman–Crippen LogP) is 3.90. The summed E-state index contributed by atoms with van der Waals surface area (Å²) in [5, 5.41) is 0.904. The van der Waals surface area contributed by atoms with Gasteiger partial charge in [0.1, 0.15) is 0 Å². The number of halogens is 2. The van der Waals surface area contributed by atoms with Crippen molar-refractivity contribution in [2.45, 2.75) is 19.5 Å². The van der Waals surface area contributed by atoms with E-state index in [1.807, 2.05) is 30.3 Å². The van der Waals surface area contributed by atoms with Gasteiger partial charge in [0.25, 0.3) is 0 Å². The van der Waals surface area contributed by atoms with Crippen molar-refractivity contribution in [1.82, 2.24) is 4.90 Å². The number of hydrogen-bond donors (Lipinski definition) is 1. The molecule has 3 rings (SSSR count). The number of nitrogen functional groups attached to an aromatic ring is 1. The molecule has 0 radical (unpaired) electrons. The van der Waals surface area contributed by atoms with Crippen molar-refractivity contribution in [2.24, 2.45) is 0 Å². The lowest BCUT2D eigenvalue weighted by Crippen LogP contribution is -2.30. The zero-order chi connectivity index (χ0) is 13.2. The first kappa shape index (κ1) is 15.2. The quantitative estimate of drug-likeness (QED) is 0.853. The number of fused-ring (bicyclic) bond motifs is 1. The Balaban J connectivity index is 0.00000147. The molecule has 0 aliphatic carbocycles. The van der Waals surface area contributed by atoms with Crippen LogP contribution in [-0.4, -0.2) is 11.4 Å². The van der Waals surface area contributed by atoms with E-state index in [0.29, 0.717) is 0 Å².